The van der Waals surface area contributed by atoms with Crippen molar-refractivity contribution in [1.29, 1.82) is 0 Å². The Bertz CT molecular complexity index is 370. The smallest absolute Gasteiger partial charge is 0.0883 e. The molecule has 2 atom stereocenters. The van der Waals surface area contributed by atoms with E-state index in [1.807, 2.05) is 0 Å². The second kappa shape index (κ2) is 21.1. The Morgan fingerprint density at radius 3 is 1.23 bits per heavy atom. The van der Waals surface area contributed by atoms with E-state index < -0.39 is 7.14 Å². The molecule has 0 spiro atoms. The van der Waals surface area contributed by atoms with Gasteiger partial charge in [0.2, 0.25) is 0 Å². The van der Waals surface area contributed by atoms with Gasteiger partial charge in [-0.05, 0) is 18.3 Å². The molecule has 0 bridgehead atoms. The van der Waals surface area contributed by atoms with Crippen molar-refractivity contribution in [3.05, 3.63) is 0 Å². The molecule has 30 heavy (non-hydrogen) atoms. The molecule has 0 saturated carbocycles. The Hall–Kier alpha value is 0.230. The fraction of sp³-hybridized carbons (Fsp3) is 1.00. The van der Waals surface area contributed by atoms with Crippen molar-refractivity contribution in [2.75, 3.05) is 18.5 Å². The van der Waals surface area contributed by atoms with Crippen molar-refractivity contribution < 1.29 is 4.57 Å². The van der Waals surface area contributed by atoms with Crippen LogP contribution in [0.15, 0.2) is 0 Å². The predicted molar refractivity (Wildman–Crippen MR) is 141 cm³/mol. The molecule has 0 fully saturated rings. The van der Waals surface area contributed by atoms with Crippen LogP contribution in [0.1, 0.15) is 150 Å². The van der Waals surface area contributed by atoms with Crippen LogP contribution in [0, 0.1) is 11.8 Å². The lowest BCUT2D eigenvalue weighted by Crippen LogP contribution is -2.15. The highest BCUT2D eigenvalue weighted by Gasteiger charge is 2.28. The minimum atomic E-state index is -2.02. The van der Waals surface area contributed by atoms with Crippen LogP contribution in [0.4, 0.5) is 0 Å². The lowest BCUT2D eigenvalue weighted by atomic mass is 10.0. The summed E-state index contributed by atoms with van der Waals surface area (Å²) in [6.07, 6.45) is 27.0. The summed E-state index contributed by atoms with van der Waals surface area (Å²) in [5.41, 5.74) is 0. The first-order chi connectivity index (χ1) is 14.5. The summed E-state index contributed by atoms with van der Waals surface area (Å²) in [5.74, 6) is 1.39. The van der Waals surface area contributed by atoms with Gasteiger partial charge >= 0.3 is 0 Å². The molecule has 0 aliphatic heterocycles. The van der Waals surface area contributed by atoms with Crippen LogP contribution in [0.3, 0.4) is 0 Å². The van der Waals surface area contributed by atoms with E-state index in [-0.39, 0.29) is 0 Å². The predicted octanol–water partition coefficient (Wildman–Crippen LogP) is 10.7. The molecule has 0 N–H and O–H groups in total. The zero-order chi connectivity index (χ0) is 22.5. The highest BCUT2D eigenvalue weighted by atomic mass is 31.2. The molecule has 2 unspecified atom stereocenters. The lowest BCUT2D eigenvalue weighted by Gasteiger charge is -2.27. The second-order valence-electron chi connectivity index (χ2n) is 10.2. The number of rotatable bonds is 23. The Morgan fingerprint density at radius 1 is 0.500 bits per heavy atom. The van der Waals surface area contributed by atoms with E-state index >= 15 is 0 Å². The molecule has 0 aromatic carbocycles. The number of unbranched alkanes of at least 4 members (excludes halogenated alkanes) is 11. The van der Waals surface area contributed by atoms with Gasteiger partial charge in [0.15, 0.2) is 0 Å². The molecule has 0 aromatic rings. The zero-order valence-corrected chi connectivity index (χ0v) is 22.8. The molecule has 0 amide bonds. The topological polar surface area (TPSA) is 17.1 Å². The van der Waals surface area contributed by atoms with Gasteiger partial charge in [-0.1, -0.05) is 144 Å². The maximum atomic E-state index is 14.1. The summed E-state index contributed by atoms with van der Waals surface area (Å²) >= 11 is 0. The number of hydrogen-bond acceptors (Lipinski definition) is 1. The van der Waals surface area contributed by atoms with Crippen LogP contribution in [-0.4, -0.2) is 18.5 Å². The molecule has 0 aliphatic rings. The minimum absolute atomic E-state index is 0.697. The molecule has 0 aromatic heterocycles. The standard InChI is InChI=1S/C28H59OP/c1-6-11-14-15-16-17-18-19-20-21-24-30(29,25-27(9-4)22-12-7-2)26-28(10-5)23-13-8-3/h27-28H,6-26H2,1-5H3. The van der Waals surface area contributed by atoms with Crippen LogP contribution in [0.2, 0.25) is 0 Å². The summed E-state index contributed by atoms with van der Waals surface area (Å²) in [5, 5.41) is 0. The molecule has 0 aliphatic carbocycles. The van der Waals surface area contributed by atoms with Crippen molar-refractivity contribution >= 4 is 7.14 Å². The van der Waals surface area contributed by atoms with Gasteiger partial charge in [0.05, 0.1) is 7.14 Å². The lowest BCUT2D eigenvalue weighted by molar-refractivity contribution is 0.461. The third-order valence-electron chi connectivity index (χ3n) is 7.19. The van der Waals surface area contributed by atoms with Crippen molar-refractivity contribution in [2.24, 2.45) is 11.8 Å². The molecular formula is C28H59OP. The Morgan fingerprint density at radius 2 is 0.867 bits per heavy atom. The van der Waals surface area contributed by atoms with Crippen molar-refractivity contribution in [3.8, 4) is 0 Å². The van der Waals surface area contributed by atoms with E-state index in [0.29, 0.717) is 11.8 Å². The highest BCUT2D eigenvalue weighted by molar-refractivity contribution is 7.63. The van der Waals surface area contributed by atoms with Gasteiger partial charge in [-0.25, -0.2) is 0 Å². The van der Waals surface area contributed by atoms with Gasteiger partial charge in [0, 0.05) is 18.5 Å². The average molecular weight is 443 g/mol. The molecule has 2 heteroatoms. The molecule has 0 radical (unpaired) electrons. The summed E-state index contributed by atoms with van der Waals surface area (Å²) in [7, 11) is -2.02. The van der Waals surface area contributed by atoms with Crippen LogP contribution in [0.25, 0.3) is 0 Å². The fourth-order valence-electron chi connectivity index (χ4n) is 4.92. The Labute approximate surface area is 192 Å². The normalized spacial score (nSPS) is 15.8. The van der Waals surface area contributed by atoms with Gasteiger partial charge in [0.25, 0.3) is 0 Å². The Balaban J connectivity index is 4.48. The van der Waals surface area contributed by atoms with Gasteiger partial charge in [-0.15, -0.1) is 0 Å². The molecule has 0 saturated heterocycles. The average Bonchev–Trinajstić information content (AvgIpc) is 2.75. The highest BCUT2D eigenvalue weighted by Crippen LogP contribution is 2.52. The van der Waals surface area contributed by atoms with Crippen molar-refractivity contribution in [1.82, 2.24) is 0 Å². The van der Waals surface area contributed by atoms with E-state index in [9.17, 15) is 4.57 Å². The second-order valence-corrected chi connectivity index (χ2v) is 13.5. The SMILES string of the molecule is CCCCCCCCCCCCP(=O)(CC(CC)CCCC)CC(CC)CCCC. The van der Waals surface area contributed by atoms with Gasteiger partial charge in [-0.2, -0.15) is 0 Å². The fourth-order valence-corrected chi connectivity index (χ4v) is 9.00. The van der Waals surface area contributed by atoms with E-state index in [1.165, 1.54) is 116 Å². The van der Waals surface area contributed by atoms with Gasteiger partial charge in [-0.3, -0.25) is 0 Å². The molecular weight excluding hydrogens is 383 g/mol. The van der Waals surface area contributed by atoms with Gasteiger partial charge < -0.3 is 4.57 Å². The van der Waals surface area contributed by atoms with E-state index in [4.69, 9.17) is 0 Å². The van der Waals surface area contributed by atoms with Crippen LogP contribution in [-0.2, 0) is 4.57 Å². The first-order valence-corrected chi connectivity index (χ1v) is 16.4. The first kappa shape index (κ1) is 30.2. The van der Waals surface area contributed by atoms with Gasteiger partial charge in [0.1, 0.15) is 0 Å². The molecule has 0 heterocycles. The monoisotopic (exact) mass is 442 g/mol. The quantitative estimate of drug-likeness (QED) is 0.114. The van der Waals surface area contributed by atoms with E-state index in [0.717, 1.165) is 18.5 Å². The summed E-state index contributed by atoms with van der Waals surface area (Å²) in [6.45, 7) is 11.5. The summed E-state index contributed by atoms with van der Waals surface area (Å²) in [6, 6.07) is 0. The minimum Gasteiger partial charge on any atom is -0.324 e. The van der Waals surface area contributed by atoms with Crippen LogP contribution in [0.5, 0.6) is 0 Å². The maximum Gasteiger partial charge on any atom is 0.0883 e. The van der Waals surface area contributed by atoms with E-state index in [1.54, 1.807) is 0 Å². The largest absolute Gasteiger partial charge is 0.324 e. The molecule has 1 nitrogen and oxygen atoms in total. The van der Waals surface area contributed by atoms with Crippen molar-refractivity contribution in [3.63, 3.8) is 0 Å². The molecule has 0 rings (SSSR count). The first-order valence-electron chi connectivity index (χ1n) is 14.1. The summed E-state index contributed by atoms with van der Waals surface area (Å²) < 4.78 is 14.1. The zero-order valence-electron chi connectivity index (χ0n) is 21.9. The third-order valence-corrected chi connectivity index (χ3v) is 10.7. The van der Waals surface area contributed by atoms with Crippen molar-refractivity contribution in [2.45, 2.75) is 150 Å². The van der Waals surface area contributed by atoms with Crippen LogP contribution < -0.4 is 0 Å². The third kappa shape index (κ3) is 16.9. The van der Waals surface area contributed by atoms with Crippen LogP contribution >= 0.6 is 7.14 Å². The van der Waals surface area contributed by atoms with E-state index in [2.05, 4.69) is 34.6 Å². The number of hydrogen-bond donors (Lipinski definition) is 0. The summed E-state index contributed by atoms with van der Waals surface area (Å²) in [4.78, 5) is 0. The maximum absolute atomic E-state index is 14.1. The Kier molecular flexibility index (Phi) is 21.3. The molecule has 182 valence electrons.